The van der Waals surface area contributed by atoms with Gasteiger partial charge in [0.15, 0.2) is 0 Å². The zero-order valence-electron chi connectivity index (χ0n) is 11.2. The first-order chi connectivity index (χ1) is 8.72. The van der Waals surface area contributed by atoms with E-state index in [-0.39, 0.29) is 0 Å². The van der Waals surface area contributed by atoms with E-state index in [0.29, 0.717) is 0 Å². The van der Waals surface area contributed by atoms with Crippen LogP contribution in [0, 0.1) is 13.8 Å². The summed E-state index contributed by atoms with van der Waals surface area (Å²) in [7, 11) is 0. The molecule has 0 aliphatic rings. The first-order valence-electron chi connectivity index (χ1n) is 6.58. The van der Waals surface area contributed by atoms with Crippen LogP contribution in [0.3, 0.4) is 0 Å². The molecule has 2 N–H and O–H groups in total. The van der Waals surface area contributed by atoms with Crippen LogP contribution in [0.25, 0.3) is 11.1 Å². The summed E-state index contributed by atoms with van der Waals surface area (Å²) in [5.41, 5.74) is 12.3. The van der Waals surface area contributed by atoms with Crippen LogP contribution in [0.1, 0.15) is 23.1 Å². The molecule has 0 atom stereocenters. The highest BCUT2D eigenvalue weighted by atomic mass is 14.5. The third-order valence-electron chi connectivity index (χ3n) is 3.51. The molecule has 2 rings (SSSR count). The van der Waals surface area contributed by atoms with Crippen LogP contribution in [-0.2, 0) is 6.42 Å². The number of benzene rings is 2. The second kappa shape index (κ2) is 5.83. The molecule has 0 saturated carbocycles. The van der Waals surface area contributed by atoms with E-state index < -0.39 is 0 Å². The quantitative estimate of drug-likeness (QED) is 0.861. The van der Waals surface area contributed by atoms with Crippen molar-refractivity contribution < 1.29 is 0 Å². The van der Waals surface area contributed by atoms with Crippen LogP contribution in [0.2, 0.25) is 0 Å². The topological polar surface area (TPSA) is 26.0 Å². The van der Waals surface area contributed by atoms with Gasteiger partial charge in [0.2, 0.25) is 0 Å². The molecule has 1 heteroatoms. The van der Waals surface area contributed by atoms with Gasteiger partial charge in [-0.05, 0) is 61.1 Å². The van der Waals surface area contributed by atoms with Crippen molar-refractivity contribution in [2.24, 2.45) is 5.73 Å². The molecule has 2 aromatic carbocycles. The highest BCUT2D eigenvalue weighted by Crippen LogP contribution is 2.26. The Balaban J connectivity index is 2.35. The zero-order chi connectivity index (χ0) is 13.0. The minimum Gasteiger partial charge on any atom is -0.330 e. The molecular weight excluding hydrogens is 218 g/mol. The van der Waals surface area contributed by atoms with Gasteiger partial charge in [0.05, 0.1) is 0 Å². The van der Waals surface area contributed by atoms with Gasteiger partial charge in [-0.25, -0.2) is 0 Å². The third-order valence-corrected chi connectivity index (χ3v) is 3.51. The van der Waals surface area contributed by atoms with E-state index >= 15 is 0 Å². The Morgan fingerprint density at radius 3 is 2.56 bits per heavy atom. The van der Waals surface area contributed by atoms with Crippen molar-refractivity contribution in [3.05, 3.63) is 59.2 Å². The largest absolute Gasteiger partial charge is 0.330 e. The van der Waals surface area contributed by atoms with Gasteiger partial charge in [-0.2, -0.15) is 0 Å². The lowest BCUT2D eigenvalue weighted by Crippen LogP contribution is -2.00. The summed E-state index contributed by atoms with van der Waals surface area (Å²) in [4.78, 5) is 0. The number of hydrogen-bond acceptors (Lipinski definition) is 1. The molecule has 0 aliphatic carbocycles. The molecule has 0 bridgehead atoms. The Bertz CT molecular complexity index is 529. The summed E-state index contributed by atoms with van der Waals surface area (Å²) in [5, 5.41) is 0. The summed E-state index contributed by atoms with van der Waals surface area (Å²) in [6, 6.07) is 15.3. The van der Waals surface area contributed by atoms with Crippen molar-refractivity contribution in [2.45, 2.75) is 26.7 Å². The fourth-order valence-electron chi connectivity index (χ4n) is 2.26. The van der Waals surface area contributed by atoms with E-state index in [0.717, 1.165) is 19.4 Å². The Morgan fingerprint density at radius 1 is 1.00 bits per heavy atom. The smallest absolute Gasteiger partial charge is 0.00741 e. The van der Waals surface area contributed by atoms with Gasteiger partial charge in [-0.15, -0.1) is 0 Å². The molecular formula is C17H21N. The van der Waals surface area contributed by atoms with Crippen LogP contribution < -0.4 is 5.73 Å². The van der Waals surface area contributed by atoms with Gasteiger partial charge in [0.25, 0.3) is 0 Å². The Kier molecular flexibility index (Phi) is 4.16. The van der Waals surface area contributed by atoms with E-state index in [1.165, 1.54) is 27.8 Å². The minimum atomic E-state index is 0.758. The van der Waals surface area contributed by atoms with Gasteiger partial charge in [0, 0.05) is 0 Å². The van der Waals surface area contributed by atoms with Crippen LogP contribution >= 0.6 is 0 Å². The van der Waals surface area contributed by atoms with E-state index in [1.54, 1.807) is 0 Å². The maximum Gasteiger partial charge on any atom is -0.00741 e. The van der Waals surface area contributed by atoms with Crippen molar-refractivity contribution in [1.82, 2.24) is 0 Å². The molecule has 0 unspecified atom stereocenters. The lowest BCUT2D eigenvalue weighted by atomic mass is 9.95. The molecule has 0 fully saturated rings. The Morgan fingerprint density at radius 2 is 1.78 bits per heavy atom. The highest BCUT2D eigenvalue weighted by molar-refractivity contribution is 5.68. The SMILES string of the molecule is Cc1cccc(-c2cccc(CCCN)c2)c1C. The van der Waals surface area contributed by atoms with Crippen molar-refractivity contribution >= 4 is 0 Å². The average molecular weight is 239 g/mol. The summed E-state index contributed by atoms with van der Waals surface area (Å²) >= 11 is 0. The van der Waals surface area contributed by atoms with E-state index in [9.17, 15) is 0 Å². The predicted molar refractivity (Wildman–Crippen MR) is 78.7 cm³/mol. The lowest BCUT2D eigenvalue weighted by molar-refractivity contribution is 0.833. The summed E-state index contributed by atoms with van der Waals surface area (Å²) in [5.74, 6) is 0. The lowest BCUT2D eigenvalue weighted by Gasteiger charge is -2.10. The third kappa shape index (κ3) is 2.80. The number of hydrogen-bond donors (Lipinski definition) is 1. The van der Waals surface area contributed by atoms with Crippen LogP contribution in [0.4, 0.5) is 0 Å². The molecule has 2 aromatic rings. The van der Waals surface area contributed by atoms with Crippen molar-refractivity contribution in [3.63, 3.8) is 0 Å². The van der Waals surface area contributed by atoms with E-state index in [1.807, 2.05) is 0 Å². The zero-order valence-corrected chi connectivity index (χ0v) is 11.2. The normalized spacial score (nSPS) is 10.6. The Hall–Kier alpha value is -1.60. The summed E-state index contributed by atoms with van der Waals surface area (Å²) in [6.45, 7) is 5.11. The van der Waals surface area contributed by atoms with Gasteiger partial charge in [-0.1, -0.05) is 42.5 Å². The maximum atomic E-state index is 5.57. The standard InChI is InChI=1S/C17H21N/c1-13-6-3-10-17(14(13)2)16-9-4-7-15(12-16)8-5-11-18/h3-4,6-7,9-10,12H,5,8,11,18H2,1-2H3. The van der Waals surface area contributed by atoms with Crippen LogP contribution in [-0.4, -0.2) is 6.54 Å². The average Bonchev–Trinajstić information content (AvgIpc) is 2.40. The van der Waals surface area contributed by atoms with Crippen LogP contribution in [0.15, 0.2) is 42.5 Å². The Labute approximate surface area is 110 Å². The number of rotatable bonds is 4. The molecule has 94 valence electrons. The molecule has 18 heavy (non-hydrogen) atoms. The first-order valence-corrected chi connectivity index (χ1v) is 6.58. The number of nitrogens with two attached hydrogens (primary N) is 1. The first kappa shape index (κ1) is 12.8. The minimum absolute atomic E-state index is 0.758. The summed E-state index contributed by atoms with van der Waals surface area (Å²) in [6.07, 6.45) is 2.12. The second-order valence-electron chi connectivity index (χ2n) is 4.84. The predicted octanol–water partition coefficient (Wildman–Crippen LogP) is 3.86. The molecule has 0 radical (unpaired) electrons. The molecule has 0 saturated heterocycles. The van der Waals surface area contributed by atoms with Crippen molar-refractivity contribution in [3.8, 4) is 11.1 Å². The van der Waals surface area contributed by atoms with Gasteiger partial charge in [-0.3, -0.25) is 0 Å². The second-order valence-corrected chi connectivity index (χ2v) is 4.84. The highest BCUT2D eigenvalue weighted by Gasteiger charge is 2.04. The maximum absolute atomic E-state index is 5.57. The molecule has 0 spiro atoms. The van der Waals surface area contributed by atoms with Gasteiger partial charge < -0.3 is 5.73 Å². The van der Waals surface area contributed by atoms with E-state index in [2.05, 4.69) is 56.3 Å². The van der Waals surface area contributed by atoms with Gasteiger partial charge in [0.1, 0.15) is 0 Å². The summed E-state index contributed by atoms with van der Waals surface area (Å²) < 4.78 is 0. The molecule has 1 nitrogen and oxygen atoms in total. The van der Waals surface area contributed by atoms with Crippen LogP contribution in [0.5, 0.6) is 0 Å². The monoisotopic (exact) mass is 239 g/mol. The number of aryl methyl sites for hydroxylation is 2. The molecule has 0 amide bonds. The van der Waals surface area contributed by atoms with Gasteiger partial charge >= 0.3 is 0 Å². The fraction of sp³-hybridized carbons (Fsp3) is 0.294. The molecule has 0 aliphatic heterocycles. The molecule has 0 aromatic heterocycles. The van der Waals surface area contributed by atoms with Crippen molar-refractivity contribution in [1.29, 1.82) is 0 Å². The van der Waals surface area contributed by atoms with Crippen molar-refractivity contribution in [2.75, 3.05) is 6.54 Å². The van der Waals surface area contributed by atoms with E-state index in [4.69, 9.17) is 5.73 Å². The fourth-order valence-corrected chi connectivity index (χ4v) is 2.26. The molecule has 0 heterocycles.